The predicted molar refractivity (Wildman–Crippen MR) is 82.6 cm³/mol. The van der Waals surface area contributed by atoms with E-state index in [4.69, 9.17) is 0 Å². The van der Waals surface area contributed by atoms with Crippen molar-refractivity contribution in [2.24, 2.45) is 11.3 Å². The van der Waals surface area contributed by atoms with Crippen molar-refractivity contribution in [3.63, 3.8) is 0 Å². The smallest absolute Gasteiger partial charge is 0.150 e. The van der Waals surface area contributed by atoms with Crippen LogP contribution in [0.3, 0.4) is 0 Å². The Labute approximate surface area is 129 Å². The average Bonchev–Trinajstić information content (AvgIpc) is 2.95. The van der Waals surface area contributed by atoms with Crippen molar-refractivity contribution in [1.29, 1.82) is 0 Å². The summed E-state index contributed by atoms with van der Waals surface area (Å²) in [6.07, 6.45) is 1.59. The average molecular weight is 417 g/mol. The zero-order chi connectivity index (χ0) is 13.2. The van der Waals surface area contributed by atoms with Gasteiger partial charge in [0.05, 0.1) is 22.7 Å². The van der Waals surface area contributed by atoms with E-state index in [1.807, 2.05) is 10.9 Å². The third-order valence-electron chi connectivity index (χ3n) is 3.65. The molecule has 102 valence electrons. The summed E-state index contributed by atoms with van der Waals surface area (Å²) in [4.78, 5) is 4.33. The van der Waals surface area contributed by atoms with Crippen LogP contribution in [-0.2, 0) is 16.3 Å². The summed E-state index contributed by atoms with van der Waals surface area (Å²) in [6.45, 7) is 0. The molecule has 1 aliphatic heterocycles. The number of thiazole rings is 1. The molecule has 18 heavy (non-hydrogen) atoms. The minimum Gasteiger partial charge on any atom is -0.250 e. The number of hydrogen-bond donors (Lipinski definition) is 0. The van der Waals surface area contributed by atoms with Crippen molar-refractivity contribution in [1.82, 2.24) is 4.98 Å². The topological polar surface area (TPSA) is 47.0 Å². The fourth-order valence-electron chi connectivity index (χ4n) is 2.46. The number of alkyl halides is 2. The minimum absolute atomic E-state index is 0.0579. The first-order chi connectivity index (χ1) is 8.51. The maximum atomic E-state index is 11.7. The lowest BCUT2D eigenvalue weighted by atomic mass is 9.75. The van der Waals surface area contributed by atoms with Gasteiger partial charge in [-0.2, -0.15) is 0 Å². The van der Waals surface area contributed by atoms with Crippen LogP contribution in [0.1, 0.15) is 12.1 Å². The van der Waals surface area contributed by atoms with E-state index in [1.165, 1.54) is 0 Å². The lowest BCUT2D eigenvalue weighted by Crippen LogP contribution is -2.37. The summed E-state index contributed by atoms with van der Waals surface area (Å²) in [7, 11) is -2.84. The maximum absolute atomic E-state index is 11.7. The molecule has 0 N–H and O–H groups in total. The number of halogens is 2. The Morgan fingerprint density at radius 3 is 2.61 bits per heavy atom. The van der Waals surface area contributed by atoms with E-state index in [9.17, 15) is 8.42 Å². The Hall–Kier alpha value is 0.540. The van der Waals surface area contributed by atoms with Gasteiger partial charge in [-0.05, 0) is 24.2 Å². The SMILES string of the molecule is O=S1(=O)CCC(C(CBr)(CBr)Cc2cscn2)C1. The quantitative estimate of drug-likeness (QED) is 0.693. The lowest BCUT2D eigenvalue weighted by molar-refractivity contribution is 0.251. The molecule has 2 rings (SSSR count). The molecule has 0 spiro atoms. The Kier molecular flexibility index (Phi) is 4.89. The van der Waals surface area contributed by atoms with Gasteiger partial charge in [-0.15, -0.1) is 11.3 Å². The van der Waals surface area contributed by atoms with Crippen LogP contribution in [0.4, 0.5) is 0 Å². The van der Waals surface area contributed by atoms with E-state index < -0.39 is 9.84 Å². The van der Waals surface area contributed by atoms with Crippen molar-refractivity contribution in [2.45, 2.75) is 12.8 Å². The van der Waals surface area contributed by atoms with Crippen molar-refractivity contribution in [2.75, 3.05) is 22.2 Å². The highest BCUT2D eigenvalue weighted by atomic mass is 79.9. The molecule has 0 bridgehead atoms. The number of aromatic nitrogens is 1. The van der Waals surface area contributed by atoms with E-state index in [0.29, 0.717) is 11.5 Å². The zero-order valence-electron chi connectivity index (χ0n) is 9.81. The lowest BCUT2D eigenvalue weighted by Gasteiger charge is -2.35. The van der Waals surface area contributed by atoms with Crippen LogP contribution in [0.25, 0.3) is 0 Å². The number of hydrogen-bond acceptors (Lipinski definition) is 4. The van der Waals surface area contributed by atoms with E-state index >= 15 is 0 Å². The Morgan fingerprint density at radius 2 is 2.17 bits per heavy atom. The molecule has 1 unspecified atom stereocenters. The number of rotatable bonds is 5. The molecule has 0 amide bonds. The summed E-state index contributed by atoms with van der Waals surface area (Å²) in [6, 6.07) is 0. The highest BCUT2D eigenvalue weighted by Crippen LogP contribution is 2.41. The van der Waals surface area contributed by atoms with Crippen LogP contribution < -0.4 is 0 Å². The fourth-order valence-corrected chi connectivity index (χ4v) is 7.20. The molecule has 1 aliphatic rings. The molecule has 1 aromatic heterocycles. The van der Waals surface area contributed by atoms with Gasteiger partial charge in [-0.3, -0.25) is 0 Å². The molecule has 0 aliphatic carbocycles. The van der Waals surface area contributed by atoms with Gasteiger partial charge in [0.1, 0.15) is 0 Å². The van der Waals surface area contributed by atoms with Crippen LogP contribution in [0.2, 0.25) is 0 Å². The van der Waals surface area contributed by atoms with E-state index in [0.717, 1.165) is 29.2 Å². The monoisotopic (exact) mass is 415 g/mol. The summed E-state index contributed by atoms with van der Waals surface area (Å²) in [5.74, 6) is 0.855. The molecular formula is C11H15Br2NO2S2. The van der Waals surface area contributed by atoms with E-state index in [1.54, 1.807) is 11.3 Å². The molecule has 0 aromatic carbocycles. The summed E-state index contributed by atoms with van der Waals surface area (Å²) in [5.41, 5.74) is 2.83. The molecule has 2 heterocycles. The molecule has 0 radical (unpaired) electrons. The van der Waals surface area contributed by atoms with Crippen molar-refractivity contribution >= 4 is 53.0 Å². The molecule has 1 saturated heterocycles. The summed E-state index contributed by atoms with van der Waals surface area (Å²) < 4.78 is 23.4. The predicted octanol–water partition coefficient (Wildman–Crippen LogP) is 2.90. The second kappa shape index (κ2) is 5.89. The second-order valence-electron chi connectivity index (χ2n) is 4.89. The first kappa shape index (κ1) is 14.9. The number of sulfone groups is 1. The fraction of sp³-hybridized carbons (Fsp3) is 0.727. The molecule has 0 saturated carbocycles. The van der Waals surface area contributed by atoms with Crippen LogP contribution in [0.5, 0.6) is 0 Å². The third-order valence-corrected chi connectivity index (χ3v) is 8.28. The van der Waals surface area contributed by atoms with Gasteiger partial charge in [0, 0.05) is 16.0 Å². The number of nitrogens with zero attached hydrogens (tertiary/aromatic N) is 1. The first-order valence-electron chi connectivity index (χ1n) is 5.71. The Bertz CT molecular complexity index is 483. The van der Waals surface area contributed by atoms with Gasteiger partial charge in [-0.25, -0.2) is 13.4 Å². The third kappa shape index (κ3) is 3.16. The highest BCUT2D eigenvalue weighted by molar-refractivity contribution is 9.09. The molecule has 7 heteroatoms. The van der Waals surface area contributed by atoms with Crippen LogP contribution in [-0.4, -0.2) is 35.6 Å². The van der Waals surface area contributed by atoms with Gasteiger partial charge in [0.15, 0.2) is 9.84 Å². The highest BCUT2D eigenvalue weighted by Gasteiger charge is 2.43. The van der Waals surface area contributed by atoms with Crippen molar-refractivity contribution in [3.8, 4) is 0 Å². The molecule has 3 nitrogen and oxygen atoms in total. The van der Waals surface area contributed by atoms with Gasteiger partial charge in [-0.1, -0.05) is 31.9 Å². The van der Waals surface area contributed by atoms with Gasteiger partial charge < -0.3 is 0 Å². The second-order valence-corrected chi connectivity index (χ2v) is 8.96. The largest absolute Gasteiger partial charge is 0.250 e. The van der Waals surface area contributed by atoms with Crippen molar-refractivity contribution < 1.29 is 8.42 Å². The van der Waals surface area contributed by atoms with Crippen molar-refractivity contribution in [3.05, 3.63) is 16.6 Å². The minimum atomic E-state index is -2.84. The molecule has 1 atom stereocenters. The van der Waals surface area contributed by atoms with Crippen LogP contribution in [0.15, 0.2) is 10.9 Å². The van der Waals surface area contributed by atoms with E-state index in [2.05, 4.69) is 36.8 Å². The zero-order valence-corrected chi connectivity index (χ0v) is 14.6. The summed E-state index contributed by atoms with van der Waals surface area (Å²) >= 11 is 8.74. The first-order valence-corrected chi connectivity index (χ1v) is 10.7. The summed E-state index contributed by atoms with van der Waals surface area (Å²) in [5, 5.41) is 3.63. The molecule has 1 aromatic rings. The molecular weight excluding hydrogens is 402 g/mol. The van der Waals surface area contributed by atoms with Crippen LogP contribution >= 0.6 is 43.2 Å². The van der Waals surface area contributed by atoms with Gasteiger partial charge in [0.2, 0.25) is 0 Å². The van der Waals surface area contributed by atoms with Gasteiger partial charge >= 0.3 is 0 Å². The van der Waals surface area contributed by atoms with Crippen LogP contribution in [0, 0.1) is 11.3 Å². The normalized spacial score (nSPS) is 23.3. The van der Waals surface area contributed by atoms with Gasteiger partial charge in [0.25, 0.3) is 0 Å². The Morgan fingerprint density at radius 1 is 1.44 bits per heavy atom. The molecule has 1 fully saturated rings. The van der Waals surface area contributed by atoms with E-state index in [-0.39, 0.29) is 11.3 Å². The standard InChI is InChI=1S/C11H15Br2NO2S2/c12-6-11(7-13,3-10-4-17-8-14-10)9-1-2-18(15,16)5-9/h4,8-9H,1-3,5-7H2. The Balaban J connectivity index is 2.21. The maximum Gasteiger partial charge on any atom is 0.150 e.